The molecular weight excluding hydrogens is 214 g/mol. The SMILES string of the molecule is CCn1nccc1C(O)c1cccc(C#N)c1. The van der Waals surface area contributed by atoms with Crippen LogP contribution in [0.15, 0.2) is 36.5 Å². The van der Waals surface area contributed by atoms with Crippen molar-refractivity contribution in [2.75, 3.05) is 0 Å². The monoisotopic (exact) mass is 227 g/mol. The molecule has 0 saturated carbocycles. The van der Waals surface area contributed by atoms with Gasteiger partial charge in [0.25, 0.3) is 0 Å². The molecule has 1 N–H and O–H groups in total. The smallest absolute Gasteiger partial charge is 0.121 e. The Kier molecular flexibility index (Phi) is 3.22. The summed E-state index contributed by atoms with van der Waals surface area (Å²) in [5.74, 6) is 0. The van der Waals surface area contributed by atoms with Gasteiger partial charge in [-0.05, 0) is 30.7 Å². The zero-order valence-electron chi connectivity index (χ0n) is 9.54. The van der Waals surface area contributed by atoms with Crippen LogP contribution >= 0.6 is 0 Å². The van der Waals surface area contributed by atoms with Crippen molar-refractivity contribution >= 4 is 0 Å². The molecule has 4 heteroatoms. The van der Waals surface area contributed by atoms with Crippen molar-refractivity contribution in [1.29, 1.82) is 5.26 Å². The largest absolute Gasteiger partial charge is 0.382 e. The molecule has 1 aromatic carbocycles. The van der Waals surface area contributed by atoms with Gasteiger partial charge in [-0.25, -0.2) is 0 Å². The van der Waals surface area contributed by atoms with Gasteiger partial charge >= 0.3 is 0 Å². The second kappa shape index (κ2) is 4.81. The molecule has 17 heavy (non-hydrogen) atoms. The van der Waals surface area contributed by atoms with Crippen LogP contribution in [0.25, 0.3) is 0 Å². The molecule has 1 atom stereocenters. The van der Waals surface area contributed by atoms with Gasteiger partial charge < -0.3 is 5.11 Å². The Labute approximate surface area is 99.7 Å². The van der Waals surface area contributed by atoms with E-state index in [2.05, 4.69) is 11.2 Å². The van der Waals surface area contributed by atoms with Crippen LogP contribution in [0.1, 0.15) is 29.8 Å². The first-order valence-electron chi connectivity index (χ1n) is 5.46. The molecule has 0 bridgehead atoms. The van der Waals surface area contributed by atoms with E-state index in [-0.39, 0.29) is 0 Å². The van der Waals surface area contributed by atoms with Crippen LogP contribution in [0.4, 0.5) is 0 Å². The molecule has 1 unspecified atom stereocenters. The first kappa shape index (κ1) is 11.4. The highest BCUT2D eigenvalue weighted by Crippen LogP contribution is 2.22. The average molecular weight is 227 g/mol. The van der Waals surface area contributed by atoms with E-state index in [1.807, 2.05) is 6.92 Å². The van der Waals surface area contributed by atoms with Gasteiger partial charge in [0, 0.05) is 12.7 Å². The number of aliphatic hydroxyl groups excluding tert-OH is 1. The van der Waals surface area contributed by atoms with Crippen LogP contribution < -0.4 is 0 Å². The average Bonchev–Trinajstić information content (AvgIpc) is 2.86. The number of hydrogen-bond donors (Lipinski definition) is 1. The molecule has 0 fully saturated rings. The van der Waals surface area contributed by atoms with Crippen LogP contribution in [0.5, 0.6) is 0 Å². The number of aromatic nitrogens is 2. The summed E-state index contributed by atoms with van der Waals surface area (Å²) in [5, 5.41) is 23.2. The first-order valence-corrected chi connectivity index (χ1v) is 5.46. The lowest BCUT2D eigenvalue weighted by molar-refractivity contribution is 0.208. The lowest BCUT2D eigenvalue weighted by Crippen LogP contribution is -2.09. The lowest BCUT2D eigenvalue weighted by Gasteiger charge is -2.12. The summed E-state index contributed by atoms with van der Waals surface area (Å²) in [6.45, 7) is 2.67. The molecule has 86 valence electrons. The maximum Gasteiger partial charge on any atom is 0.121 e. The topological polar surface area (TPSA) is 61.8 Å². The Hall–Kier alpha value is -2.12. The highest BCUT2D eigenvalue weighted by molar-refractivity contribution is 5.36. The second-order valence-electron chi connectivity index (χ2n) is 3.71. The number of rotatable bonds is 3. The van der Waals surface area contributed by atoms with Gasteiger partial charge in [0.05, 0.1) is 17.3 Å². The molecule has 1 heterocycles. The van der Waals surface area contributed by atoms with Crippen LogP contribution in [-0.4, -0.2) is 14.9 Å². The number of benzene rings is 1. The maximum absolute atomic E-state index is 10.2. The molecule has 0 saturated heterocycles. The van der Waals surface area contributed by atoms with Gasteiger partial charge in [0.2, 0.25) is 0 Å². The second-order valence-corrected chi connectivity index (χ2v) is 3.71. The van der Waals surface area contributed by atoms with Gasteiger partial charge in [-0.3, -0.25) is 4.68 Å². The van der Waals surface area contributed by atoms with Crippen molar-refractivity contribution in [2.24, 2.45) is 0 Å². The van der Waals surface area contributed by atoms with E-state index in [4.69, 9.17) is 5.26 Å². The minimum Gasteiger partial charge on any atom is -0.382 e. The summed E-state index contributed by atoms with van der Waals surface area (Å²) in [6.07, 6.45) is 0.918. The summed E-state index contributed by atoms with van der Waals surface area (Å²) in [7, 11) is 0. The maximum atomic E-state index is 10.2. The molecule has 2 rings (SSSR count). The molecule has 0 radical (unpaired) electrons. The van der Waals surface area contributed by atoms with Crippen LogP contribution in [0, 0.1) is 11.3 Å². The van der Waals surface area contributed by atoms with Crippen LogP contribution in [-0.2, 0) is 6.54 Å². The third kappa shape index (κ3) is 2.19. The number of nitrogens with zero attached hydrogens (tertiary/aromatic N) is 3. The molecular formula is C13H13N3O. The zero-order valence-corrected chi connectivity index (χ0v) is 9.54. The van der Waals surface area contributed by atoms with E-state index in [9.17, 15) is 5.11 Å². The Morgan fingerprint density at radius 3 is 3.00 bits per heavy atom. The molecule has 0 aliphatic heterocycles. The highest BCUT2D eigenvalue weighted by atomic mass is 16.3. The lowest BCUT2D eigenvalue weighted by atomic mass is 10.0. The van der Waals surface area contributed by atoms with E-state index in [0.29, 0.717) is 17.7 Å². The van der Waals surface area contributed by atoms with Crippen molar-refractivity contribution in [3.63, 3.8) is 0 Å². The zero-order chi connectivity index (χ0) is 12.3. The van der Waals surface area contributed by atoms with E-state index >= 15 is 0 Å². The summed E-state index contributed by atoms with van der Waals surface area (Å²) in [5.41, 5.74) is 1.99. The van der Waals surface area contributed by atoms with Crippen molar-refractivity contribution in [3.8, 4) is 6.07 Å². The third-order valence-corrected chi connectivity index (χ3v) is 2.66. The quantitative estimate of drug-likeness (QED) is 0.870. The first-order chi connectivity index (χ1) is 8.26. The Bertz CT molecular complexity index is 554. The van der Waals surface area contributed by atoms with Crippen molar-refractivity contribution in [3.05, 3.63) is 53.3 Å². The number of nitriles is 1. The molecule has 0 aliphatic carbocycles. The minimum absolute atomic E-state index is 0.545. The van der Waals surface area contributed by atoms with Crippen molar-refractivity contribution < 1.29 is 5.11 Å². The molecule has 2 aromatic rings. The van der Waals surface area contributed by atoms with E-state index in [1.165, 1.54) is 0 Å². The van der Waals surface area contributed by atoms with E-state index in [1.54, 1.807) is 41.2 Å². The predicted molar refractivity (Wildman–Crippen MR) is 63.1 cm³/mol. The van der Waals surface area contributed by atoms with Gasteiger partial charge in [-0.1, -0.05) is 12.1 Å². The van der Waals surface area contributed by atoms with E-state index < -0.39 is 6.10 Å². The summed E-state index contributed by atoms with van der Waals surface area (Å²) < 4.78 is 1.74. The number of hydrogen-bond acceptors (Lipinski definition) is 3. The van der Waals surface area contributed by atoms with Crippen LogP contribution in [0.3, 0.4) is 0 Å². The van der Waals surface area contributed by atoms with Gasteiger partial charge in [-0.15, -0.1) is 0 Å². The van der Waals surface area contributed by atoms with Gasteiger partial charge in [0.15, 0.2) is 0 Å². The fourth-order valence-electron chi connectivity index (χ4n) is 1.79. The van der Waals surface area contributed by atoms with Gasteiger partial charge in [0.1, 0.15) is 6.10 Å². The Morgan fingerprint density at radius 2 is 2.29 bits per heavy atom. The molecule has 0 spiro atoms. The third-order valence-electron chi connectivity index (χ3n) is 2.66. The highest BCUT2D eigenvalue weighted by Gasteiger charge is 2.14. The minimum atomic E-state index is -0.745. The standard InChI is InChI=1S/C13H13N3O/c1-2-16-12(6-7-15-16)13(17)11-5-3-4-10(8-11)9-14/h3-8,13,17H,2H2,1H3. The Balaban J connectivity index is 2.37. The van der Waals surface area contributed by atoms with Gasteiger partial charge in [-0.2, -0.15) is 10.4 Å². The summed E-state index contributed by atoms with van der Waals surface area (Å²) in [6, 6.07) is 10.8. The van der Waals surface area contributed by atoms with E-state index in [0.717, 1.165) is 5.69 Å². The van der Waals surface area contributed by atoms with Crippen molar-refractivity contribution in [2.45, 2.75) is 19.6 Å². The molecule has 0 amide bonds. The molecule has 4 nitrogen and oxygen atoms in total. The molecule has 0 aliphatic rings. The Morgan fingerprint density at radius 1 is 1.47 bits per heavy atom. The normalized spacial score (nSPS) is 12.1. The molecule has 1 aromatic heterocycles. The fraction of sp³-hybridized carbons (Fsp3) is 0.231. The van der Waals surface area contributed by atoms with Crippen LogP contribution in [0.2, 0.25) is 0 Å². The number of aryl methyl sites for hydroxylation is 1. The van der Waals surface area contributed by atoms with Crippen molar-refractivity contribution in [1.82, 2.24) is 9.78 Å². The summed E-state index contributed by atoms with van der Waals surface area (Å²) in [4.78, 5) is 0. The predicted octanol–water partition coefficient (Wildman–Crippen LogP) is 1.86. The number of aliphatic hydroxyl groups is 1. The summed E-state index contributed by atoms with van der Waals surface area (Å²) >= 11 is 0. The fourth-order valence-corrected chi connectivity index (χ4v) is 1.79.